The Bertz CT molecular complexity index is 576. The topological polar surface area (TPSA) is 47.0 Å². The molecule has 0 atom stereocenters. The summed E-state index contributed by atoms with van der Waals surface area (Å²) in [6.07, 6.45) is 2.99. The second kappa shape index (κ2) is 5.36. The maximum atomic E-state index is 12.0. The van der Waals surface area contributed by atoms with Gasteiger partial charge in [0.05, 0.1) is 6.42 Å². The Morgan fingerprint density at radius 1 is 1.00 bits per heavy atom. The lowest BCUT2D eigenvalue weighted by Gasteiger charge is -2.04. The summed E-state index contributed by atoms with van der Waals surface area (Å²) in [5, 5.41) is 0. The summed E-state index contributed by atoms with van der Waals surface area (Å²) < 4.78 is 0. The number of pyridine rings is 1. The summed E-state index contributed by atoms with van der Waals surface area (Å²) in [6.45, 7) is 1.87. The van der Waals surface area contributed by atoms with Crippen LogP contribution in [0.2, 0.25) is 0 Å². The van der Waals surface area contributed by atoms with Gasteiger partial charge in [0.25, 0.3) is 0 Å². The van der Waals surface area contributed by atoms with Crippen molar-refractivity contribution in [3.8, 4) is 0 Å². The van der Waals surface area contributed by atoms with Crippen LogP contribution in [0.25, 0.3) is 0 Å². The van der Waals surface area contributed by atoms with Crippen LogP contribution in [-0.4, -0.2) is 16.6 Å². The molecule has 0 radical (unpaired) electrons. The standard InChI is InChI=1S/C15H13NO2/c1-11-4-2-3-5-13(11)15(18)10-14(17)12-6-8-16-9-7-12/h2-9H,10H2,1H3. The van der Waals surface area contributed by atoms with Gasteiger partial charge in [0.1, 0.15) is 0 Å². The minimum Gasteiger partial charge on any atom is -0.294 e. The van der Waals surface area contributed by atoms with Crippen LogP contribution in [-0.2, 0) is 0 Å². The number of nitrogens with zero attached hydrogens (tertiary/aromatic N) is 1. The number of Topliss-reactive ketones (excluding diaryl/α,β-unsaturated/α-hetero) is 2. The molecule has 0 spiro atoms. The predicted octanol–water partition coefficient (Wildman–Crippen LogP) is 2.85. The summed E-state index contributed by atoms with van der Waals surface area (Å²) in [4.78, 5) is 27.7. The first kappa shape index (κ1) is 12.2. The molecule has 0 fully saturated rings. The lowest BCUT2D eigenvalue weighted by atomic mass is 9.99. The molecule has 3 nitrogen and oxygen atoms in total. The van der Waals surface area contributed by atoms with E-state index in [1.54, 1.807) is 36.7 Å². The third-order valence-corrected chi connectivity index (χ3v) is 2.77. The van der Waals surface area contributed by atoms with Gasteiger partial charge < -0.3 is 0 Å². The minimum atomic E-state index is -0.175. The molecule has 1 aromatic carbocycles. The lowest BCUT2D eigenvalue weighted by molar-refractivity contribution is 0.0894. The number of carbonyl (C=O) groups excluding carboxylic acids is 2. The van der Waals surface area contributed by atoms with E-state index in [2.05, 4.69) is 4.98 Å². The van der Waals surface area contributed by atoms with E-state index in [0.717, 1.165) is 5.56 Å². The molecule has 1 heterocycles. The third kappa shape index (κ3) is 2.69. The Labute approximate surface area is 105 Å². The van der Waals surface area contributed by atoms with E-state index in [0.29, 0.717) is 11.1 Å². The number of hydrogen-bond donors (Lipinski definition) is 0. The maximum Gasteiger partial charge on any atom is 0.170 e. The van der Waals surface area contributed by atoms with Crippen LogP contribution >= 0.6 is 0 Å². The lowest BCUT2D eigenvalue weighted by Crippen LogP contribution is -2.09. The molecule has 0 aliphatic heterocycles. The molecule has 90 valence electrons. The average molecular weight is 239 g/mol. The zero-order valence-corrected chi connectivity index (χ0v) is 10.1. The Morgan fingerprint density at radius 3 is 2.33 bits per heavy atom. The Balaban J connectivity index is 2.14. The van der Waals surface area contributed by atoms with Gasteiger partial charge in [-0.05, 0) is 24.6 Å². The van der Waals surface area contributed by atoms with Crippen molar-refractivity contribution in [2.75, 3.05) is 0 Å². The normalized spacial score (nSPS) is 10.1. The molecule has 2 aromatic rings. The quantitative estimate of drug-likeness (QED) is 0.608. The highest BCUT2D eigenvalue weighted by Crippen LogP contribution is 2.12. The molecule has 0 saturated heterocycles. The fourth-order valence-corrected chi connectivity index (χ4v) is 1.77. The predicted molar refractivity (Wildman–Crippen MR) is 68.7 cm³/mol. The van der Waals surface area contributed by atoms with E-state index in [9.17, 15) is 9.59 Å². The summed E-state index contributed by atoms with van der Waals surface area (Å²) in [7, 11) is 0. The van der Waals surface area contributed by atoms with Gasteiger partial charge in [-0.3, -0.25) is 14.6 Å². The van der Waals surface area contributed by atoms with E-state index in [1.165, 1.54) is 0 Å². The van der Waals surface area contributed by atoms with Crippen LogP contribution in [0.15, 0.2) is 48.8 Å². The van der Waals surface area contributed by atoms with Gasteiger partial charge in [-0.25, -0.2) is 0 Å². The molecular formula is C15H13NO2. The third-order valence-electron chi connectivity index (χ3n) is 2.77. The number of ketones is 2. The zero-order chi connectivity index (χ0) is 13.0. The molecule has 0 saturated carbocycles. The van der Waals surface area contributed by atoms with Gasteiger partial charge in [0.15, 0.2) is 11.6 Å². The van der Waals surface area contributed by atoms with E-state index >= 15 is 0 Å². The van der Waals surface area contributed by atoms with Crippen molar-refractivity contribution < 1.29 is 9.59 Å². The SMILES string of the molecule is Cc1ccccc1C(=O)CC(=O)c1ccncc1. The number of rotatable bonds is 4. The van der Waals surface area contributed by atoms with Crippen molar-refractivity contribution in [2.45, 2.75) is 13.3 Å². The van der Waals surface area contributed by atoms with Gasteiger partial charge in [-0.15, -0.1) is 0 Å². The fourth-order valence-electron chi connectivity index (χ4n) is 1.77. The van der Waals surface area contributed by atoms with Crippen LogP contribution in [0.1, 0.15) is 32.7 Å². The average Bonchev–Trinajstić information content (AvgIpc) is 2.40. The maximum absolute atomic E-state index is 12.0. The van der Waals surface area contributed by atoms with Crippen LogP contribution in [0.4, 0.5) is 0 Å². The highest BCUT2D eigenvalue weighted by Gasteiger charge is 2.14. The zero-order valence-electron chi connectivity index (χ0n) is 10.1. The van der Waals surface area contributed by atoms with Gasteiger partial charge in [0.2, 0.25) is 0 Å². The van der Waals surface area contributed by atoms with Gasteiger partial charge in [-0.1, -0.05) is 24.3 Å². The summed E-state index contributed by atoms with van der Waals surface area (Å²) in [5.74, 6) is -0.319. The number of carbonyl (C=O) groups is 2. The van der Waals surface area contributed by atoms with Crippen molar-refractivity contribution in [1.82, 2.24) is 4.98 Å². The largest absolute Gasteiger partial charge is 0.294 e. The highest BCUT2D eigenvalue weighted by molar-refractivity contribution is 6.13. The summed E-state index contributed by atoms with van der Waals surface area (Å²) in [5.41, 5.74) is 2.02. The van der Waals surface area contributed by atoms with Crippen molar-refractivity contribution in [1.29, 1.82) is 0 Å². The first-order chi connectivity index (χ1) is 8.68. The minimum absolute atomic E-state index is 0.102. The van der Waals surface area contributed by atoms with E-state index in [1.807, 2.05) is 19.1 Å². The molecule has 0 bridgehead atoms. The second-order valence-electron chi connectivity index (χ2n) is 4.07. The van der Waals surface area contributed by atoms with E-state index in [-0.39, 0.29) is 18.0 Å². The molecule has 3 heteroatoms. The number of aromatic nitrogens is 1. The monoisotopic (exact) mass is 239 g/mol. The second-order valence-corrected chi connectivity index (χ2v) is 4.07. The molecule has 0 amide bonds. The van der Waals surface area contributed by atoms with Crippen LogP contribution in [0.5, 0.6) is 0 Å². The number of benzene rings is 1. The van der Waals surface area contributed by atoms with E-state index < -0.39 is 0 Å². The highest BCUT2D eigenvalue weighted by atomic mass is 16.1. The summed E-state index contributed by atoms with van der Waals surface area (Å²) in [6, 6.07) is 10.5. The molecule has 0 aliphatic carbocycles. The molecule has 2 rings (SSSR count). The Morgan fingerprint density at radius 2 is 1.67 bits per heavy atom. The fraction of sp³-hybridized carbons (Fsp3) is 0.133. The molecule has 1 aromatic heterocycles. The molecule has 0 aliphatic rings. The van der Waals surface area contributed by atoms with Crippen molar-refractivity contribution in [2.24, 2.45) is 0 Å². The van der Waals surface area contributed by atoms with Gasteiger partial charge in [-0.2, -0.15) is 0 Å². The molecule has 0 N–H and O–H groups in total. The Kier molecular flexibility index (Phi) is 3.63. The van der Waals surface area contributed by atoms with Crippen molar-refractivity contribution >= 4 is 11.6 Å². The number of aryl methyl sites for hydroxylation is 1. The first-order valence-corrected chi connectivity index (χ1v) is 5.70. The van der Waals surface area contributed by atoms with Crippen molar-refractivity contribution in [3.05, 3.63) is 65.5 Å². The molecule has 18 heavy (non-hydrogen) atoms. The van der Waals surface area contributed by atoms with E-state index in [4.69, 9.17) is 0 Å². The van der Waals surface area contributed by atoms with Gasteiger partial charge in [0, 0.05) is 23.5 Å². The molecular weight excluding hydrogens is 226 g/mol. The van der Waals surface area contributed by atoms with Crippen molar-refractivity contribution in [3.63, 3.8) is 0 Å². The summed E-state index contributed by atoms with van der Waals surface area (Å²) >= 11 is 0. The number of hydrogen-bond acceptors (Lipinski definition) is 3. The smallest absolute Gasteiger partial charge is 0.170 e. The van der Waals surface area contributed by atoms with Crippen LogP contribution in [0.3, 0.4) is 0 Å². The van der Waals surface area contributed by atoms with Crippen LogP contribution < -0.4 is 0 Å². The van der Waals surface area contributed by atoms with Crippen LogP contribution in [0, 0.1) is 6.92 Å². The molecule has 0 unspecified atom stereocenters. The Hall–Kier alpha value is -2.29. The first-order valence-electron chi connectivity index (χ1n) is 5.70. The van der Waals surface area contributed by atoms with Gasteiger partial charge >= 0.3 is 0 Å².